The molecule has 0 aliphatic heterocycles. The first-order valence-corrected chi connectivity index (χ1v) is 14.3. The van der Waals surface area contributed by atoms with Gasteiger partial charge in [-0.1, -0.05) is 24.6 Å². The van der Waals surface area contributed by atoms with Crippen LogP contribution in [0.2, 0.25) is 0 Å². The average molecular weight is 523 g/mol. The second-order valence-corrected chi connectivity index (χ2v) is 11.9. The number of nitriles is 1. The SMILES string of the molecule is CSc1ccccc1CNc1ncc(C#N)c(NCC2C[C@H]3CCC[C@@H](C2)C3NC(=O)OC(C)(C)C)n1. The zero-order valence-corrected chi connectivity index (χ0v) is 23.0. The molecule has 2 bridgehead atoms. The zero-order valence-electron chi connectivity index (χ0n) is 22.2. The molecule has 2 unspecified atom stereocenters. The van der Waals surface area contributed by atoms with E-state index >= 15 is 0 Å². The predicted molar refractivity (Wildman–Crippen MR) is 147 cm³/mol. The van der Waals surface area contributed by atoms with E-state index in [2.05, 4.69) is 50.4 Å². The lowest BCUT2D eigenvalue weighted by atomic mass is 9.64. The molecule has 2 saturated carbocycles. The third-order valence-corrected chi connectivity index (χ3v) is 8.06. The Kier molecular flexibility index (Phi) is 8.80. The maximum Gasteiger partial charge on any atom is 0.407 e. The van der Waals surface area contributed by atoms with E-state index in [1.165, 1.54) is 16.9 Å². The van der Waals surface area contributed by atoms with Gasteiger partial charge in [-0.05, 0) is 82.1 Å². The zero-order chi connectivity index (χ0) is 26.4. The fourth-order valence-electron chi connectivity index (χ4n) is 5.66. The van der Waals surface area contributed by atoms with Crippen molar-refractivity contribution < 1.29 is 9.53 Å². The molecule has 1 aromatic heterocycles. The molecule has 2 aliphatic carbocycles. The van der Waals surface area contributed by atoms with E-state index in [-0.39, 0.29) is 12.1 Å². The van der Waals surface area contributed by atoms with Crippen molar-refractivity contribution in [2.45, 2.75) is 76.0 Å². The third-order valence-electron chi connectivity index (χ3n) is 7.22. The number of nitrogens with zero attached hydrogens (tertiary/aromatic N) is 3. The Balaban J connectivity index is 1.36. The number of fused-ring (bicyclic) bond motifs is 2. The second kappa shape index (κ2) is 12.0. The van der Waals surface area contributed by atoms with Gasteiger partial charge in [0.25, 0.3) is 0 Å². The van der Waals surface area contributed by atoms with E-state index in [0.29, 0.717) is 41.6 Å². The molecule has 1 aromatic carbocycles. The van der Waals surface area contributed by atoms with Crippen molar-refractivity contribution in [3.05, 3.63) is 41.6 Å². The molecule has 8 nitrogen and oxygen atoms in total. The van der Waals surface area contributed by atoms with E-state index in [1.807, 2.05) is 32.9 Å². The Bertz CT molecular complexity index is 1110. The van der Waals surface area contributed by atoms with Gasteiger partial charge >= 0.3 is 6.09 Å². The van der Waals surface area contributed by atoms with Gasteiger partial charge in [-0.2, -0.15) is 10.2 Å². The summed E-state index contributed by atoms with van der Waals surface area (Å²) >= 11 is 1.71. The first-order valence-electron chi connectivity index (χ1n) is 13.1. The molecule has 2 aromatic rings. The lowest BCUT2D eigenvalue weighted by Crippen LogP contribution is -2.52. The number of rotatable bonds is 8. The van der Waals surface area contributed by atoms with Gasteiger partial charge in [-0.15, -0.1) is 11.8 Å². The van der Waals surface area contributed by atoms with Gasteiger partial charge < -0.3 is 20.7 Å². The Labute approximate surface area is 224 Å². The van der Waals surface area contributed by atoms with Gasteiger partial charge in [0, 0.05) is 24.0 Å². The number of thioether (sulfide) groups is 1. The van der Waals surface area contributed by atoms with Gasteiger partial charge in [0.2, 0.25) is 5.95 Å². The summed E-state index contributed by atoms with van der Waals surface area (Å²) in [7, 11) is 0. The van der Waals surface area contributed by atoms with Gasteiger partial charge in [-0.3, -0.25) is 0 Å². The molecule has 9 heteroatoms. The number of amides is 1. The molecule has 1 heterocycles. The van der Waals surface area contributed by atoms with Crippen molar-refractivity contribution in [2.24, 2.45) is 17.8 Å². The minimum Gasteiger partial charge on any atom is -0.444 e. The number of carbonyl (C=O) groups is 1. The van der Waals surface area contributed by atoms with Crippen molar-refractivity contribution in [3.63, 3.8) is 0 Å². The molecule has 4 atom stereocenters. The van der Waals surface area contributed by atoms with Crippen molar-refractivity contribution in [2.75, 3.05) is 23.4 Å². The molecule has 3 N–H and O–H groups in total. The van der Waals surface area contributed by atoms with Gasteiger partial charge in [0.15, 0.2) is 0 Å². The number of carbonyl (C=O) groups excluding carboxylic acids is 1. The minimum atomic E-state index is -0.498. The number of anilines is 2. The van der Waals surface area contributed by atoms with E-state index in [4.69, 9.17) is 4.74 Å². The topological polar surface area (TPSA) is 112 Å². The first kappa shape index (κ1) is 27.1. The lowest BCUT2D eigenvalue weighted by molar-refractivity contribution is 0.0324. The fourth-order valence-corrected chi connectivity index (χ4v) is 6.28. The maximum absolute atomic E-state index is 12.4. The summed E-state index contributed by atoms with van der Waals surface area (Å²) in [6, 6.07) is 10.6. The number of nitrogens with one attached hydrogen (secondary N) is 3. The van der Waals surface area contributed by atoms with Crippen LogP contribution in [0, 0.1) is 29.1 Å². The predicted octanol–water partition coefficient (Wildman–Crippen LogP) is 5.81. The van der Waals surface area contributed by atoms with Crippen molar-refractivity contribution in [1.82, 2.24) is 15.3 Å². The summed E-state index contributed by atoms with van der Waals surface area (Å²) in [4.78, 5) is 22.6. The standard InChI is InChI=1S/C28H38N6O2S/c1-28(2,3)36-27(35)33-24-19-9-7-10-20(24)13-18(12-19)15-30-25-22(14-29)17-32-26(34-25)31-16-21-8-5-6-11-23(21)37-4/h5-6,8,11,17-20,24H,7,9-10,12-13,15-16H2,1-4H3,(H,33,35)(H2,30,31,32,34)/t18?,19-,20+,24?. The molecule has 198 valence electrons. The highest BCUT2D eigenvalue weighted by Crippen LogP contribution is 2.43. The average Bonchev–Trinajstić information content (AvgIpc) is 2.85. The Hall–Kier alpha value is -2.99. The first-order chi connectivity index (χ1) is 17.8. The van der Waals surface area contributed by atoms with Crippen LogP contribution in [-0.4, -0.2) is 40.5 Å². The minimum absolute atomic E-state index is 0.175. The van der Waals surface area contributed by atoms with Crippen molar-refractivity contribution in [1.29, 1.82) is 5.26 Å². The number of ether oxygens (including phenoxy) is 1. The lowest BCUT2D eigenvalue weighted by Gasteiger charge is -2.46. The monoisotopic (exact) mass is 522 g/mol. The van der Waals surface area contributed by atoms with E-state index < -0.39 is 5.60 Å². The normalized spacial score (nSPS) is 23.0. The Morgan fingerprint density at radius 1 is 1.19 bits per heavy atom. The molecule has 2 fully saturated rings. The van der Waals surface area contributed by atoms with E-state index in [1.54, 1.807) is 18.0 Å². The maximum atomic E-state index is 12.4. The highest BCUT2D eigenvalue weighted by atomic mass is 32.2. The van der Waals surface area contributed by atoms with Crippen LogP contribution in [0.15, 0.2) is 35.4 Å². The van der Waals surface area contributed by atoms with E-state index in [9.17, 15) is 10.1 Å². The molecule has 37 heavy (non-hydrogen) atoms. The molecule has 0 saturated heterocycles. The van der Waals surface area contributed by atoms with Gasteiger partial charge in [0.1, 0.15) is 23.1 Å². The molecular formula is C28H38N6O2S. The van der Waals surface area contributed by atoms with Crippen LogP contribution < -0.4 is 16.0 Å². The smallest absolute Gasteiger partial charge is 0.407 e. The summed E-state index contributed by atoms with van der Waals surface area (Å²) in [6.45, 7) is 7.03. The highest BCUT2D eigenvalue weighted by Gasteiger charge is 2.41. The van der Waals surface area contributed by atoms with Crippen molar-refractivity contribution in [3.8, 4) is 6.07 Å². The number of hydrogen-bond acceptors (Lipinski definition) is 8. The molecule has 0 radical (unpaired) electrons. The van der Waals surface area contributed by atoms with Crippen LogP contribution >= 0.6 is 11.8 Å². The third kappa shape index (κ3) is 7.29. The van der Waals surface area contributed by atoms with Crippen LogP contribution in [0.25, 0.3) is 0 Å². The van der Waals surface area contributed by atoms with Crippen LogP contribution in [0.1, 0.15) is 64.0 Å². The summed E-state index contributed by atoms with van der Waals surface area (Å²) in [5, 5.41) is 19.5. The van der Waals surface area contributed by atoms with Gasteiger partial charge in [-0.25, -0.2) is 9.78 Å². The summed E-state index contributed by atoms with van der Waals surface area (Å²) in [5.41, 5.74) is 1.12. The number of alkyl carbamates (subject to hydrolysis) is 1. The molecular weight excluding hydrogens is 484 g/mol. The fraction of sp³-hybridized carbons (Fsp3) is 0.571. The summed E-state index contributed by atoms with van der Waals surface area (Å²) in [6.07, 6.45) is 8.85. The molecule has 0 spiro atoms. The highest BCUT2D eigenvalue weighted by molar-refractivity contribution is 7.98. The number of benzene rings is 1. The van der Waals surface area contributed by atoms with Crippen LogP contribution in [-0.2, 0) is 11.3 Å². The van der Waals surface area contributed by atoms with Crippen LogP contribution in [0.3, 0.4) is 0 Å². The summed E-state index contributed by atoms with van der Waals surface area (Å²) < 4.78 is 5.52. The van der Waals surface area contributed by atoms with Crippen LogP contribution in [0.4, 0.5) is 16.6 Å². The van der Waals surface area contributed by atoms with E-state index in [0.717, 1.165) is 32.2 Å². The molecule has 4 rings (SSSR count). The van der Waals surface area contributed by atoms with Gasteiger partial charge in [0.05, 0.1) is 6.20 Å². The Morgan fingerprint density at radius 2 is 1.92 bits per heavy atom. The van der Waals surface area contributed by atoms with Crippen molar-refractivity contribution >= 4 is 29.6 Å². The second-order valence-electron chi connectivity index (χ2n) is 11.1. The number of hydrogen-bond donors (Lipinski definition) is 3. The number of aromatic nitrogens is 2. The quantitative estimate of drug-likeness (QED) is 0.372. The van der Waals surface area contributed by atoms with Crippen LogP contribution in [0.5, 0.6) is 0 Å². The molecule has 2 aliphatic rings. The Morgan fingerprint density at radius 3 is 2.59 bits per heavy atom. The molecule has 1 amide bonds. The largest absolute Gasteiger partial charge is 0.444 e. The summed E-state index contributed by atoms with van der Waals surface area (Å²) in [5.74, 6) is 2.41.